The summed E-state index contributed by atoms with van der Waals surface area (Å²) in [6, 6.07) is 0. The van der Waals surface area contributed by atoms with Gasteiger partial charge >= 0.3 is 12.1 Å². The second-order valence-electron chi connectivity index (χ2n) is 7.13. The number of carbonyl (C=O) groups excluding carboxylic acids is 2. The summed E-state index contributed by atoms with van der Waals surface area (Å²) in [6.07, 6.45) is 3.51. The summed E-state index contributed by atoms with van der Waals surface area (Å²) in [5.74, 6) is -0.427. The standard InChI is InChI=1S/C19H25Cl3N2O5S/c1-2-27-16(25)14-12-7-3-4-8-13(12)30-15(14)23-17(19(20,21)22)24-18(26)29-10-11-6-5-9-28-11/h11,17,23H,2-10H2,1H3,(H,24,26)/t11-,17+/m0/s1. The van der Waals surface area contributed by atoms with E-state index < -0.39 is 22.0 Å². The monoisotopic (exact) mass is 498 g/mol. The lowest BCUT2D eigenvalue weighted by molar-refractivity contribution is 0.0432. The fraction of sp³-hybridized carbons (Fsp3) is 0.684. The van der Waals surface area contributed by atoms with Crippen LogP contribution < -0.4 is 10.6 Å². The first-order valence-corrected chi connectivity index (χ1v) is 11.9. The predicted molar refractivity (Wildman–Crippen MR) is 118 cm³/mol. The second kappa shape index (κ2) is 10.6. The average molecular weight is 500 g/mol. The van der Waals surface area contributed by atoms with Crippen molar-refractivity contribution < 1.29 is 23.8 Å². The third-order valence-corrected chi connectivity index (χ3v) is 6.82. The van der Waals surface area contributed by atoms with E-state index in [2.05, 4.69) is 10.6 Å². The Bertz CT molecular complexity index is 762. The van der Waals surface area contributed by atoms with Crippen LogP contribution in [0.3, 0.4) is 0 Å². The summed E-state index contributed by atoms with van der Waals surface area (Å²) in [4.78, 5) is 26.0. The van der Waals surface area contributed by atoms with Crippen LogP contribution in [0.25, 0.3) is 0 Å². The van der Waals surface area contributed by atoms with E-state index in [1.54, 1.807) is 6.92 Å². The van der Waals surface area contributed by atoms with Crippen molar-refractivity contribution in [3.05, 3.63) is 16.0 Å². The zero-order chi connectivity index (χ0) is 21.7. The van der Waals surface area contributed by atoms with Crippen LogP contribution in [-0.4, -0.2) is 47.9 Å². The molecule has 1 aromatic heterocycles. The number of carbonyl (C=O) groups is 2. The van der Waals surface area contributed by atoms with E-state index in [0.29, 0.717) is 17.2 Å². The van der Waals surface area contributed by atoms with Crippen LogP contribution in [0.5, 0.6) is 0 Å². The van der Waals surface area contributed by atoms with Crippen molar-refractivity contribution in [1.29, 1.82) is 0 Å². The number of hydrogen-bond donors (Lipinski definition) is 2. The molecule has 11 heteroatoms. The molecule has 3 rings (SSSR count). The van der Waals surface area contributed by atoms with Crippen molar-refractivity contribution in [3.63, 3.8) is 0 Å². The number of hydrogen-bond acceptors (Lipinski definition) is 7. The number of alkyl carbamates (subject to hydrolysis) is 1. The lowest BCUT2D eigenvalue weighted by Gasteiger charge is -2.27. The van der Waals surface area contributed by atoms with E-state index in [9.17, 15) is 9.59 Å². The van der Waals surface area contributed by atoms with E-state index in [0.717, 1.165) is 49.0 Å². The highest BCUT2D eigenvalue weighted by atomic mass is 35.6. The number of esters is 1. The lowest BCUT2D eigenvalue weighted by Crippen LogP contribution is -2.49. The molecule has 2 heterocycles. The van der Waals surface area contributed by atoms with Gasteiger partial charge < -0.3 is 19.5 Å². The SMILES string of the molecule is CCOC(=O)c1c(N[C@H](NC(=O)OC[C@@H]2CCCO2)C(Cl)(Cl)Cl)sc2c1CCCC2. The number of ether oxygens (including phenoxy) is 3. The smallest absolute Gasteiger partial charge is 0.408 e. The van der Waals surface area contributed by atoms with Crippen LogP contribution in [0.15, 0.2) is 0 Å². The van der Waals surface area contributed by atoms with Gasteiger partial charge in [0.1, 0.15) is 11.6 Å². The maximum Gasteiger partial charge on any atom is 0.408 e. The van der Waals surface area contributed by atoms with Gasteiger partial charge in [0.25, 0.3) is 0 Å². The van der Waals surface area contributed by atoms with E-state index in [1.807, 2.05) is 0 Å². The molecule has 0 bridgehead atoms. The Morgan fingerprint density at radius 1 is 1.23 bits per heavy atom. The lowest BCUT2D eigenvalue weighted by atomic mass is 9.95. The Kier molecular flexibility index (Phi) is 8.38. The summed E-state index contributed by atoms with van der Waals surface area (Å²) in [5, 5.41) is 6.07. The first-order valence-electron chi connectivity index (χ1n) is 9.99. The summed E-state index contributed by atoms with van der Waals surface area (Å²) in [5.41, 5.74) is 1.42. The maximum absolute atomic E-state index is 12.6. The molecule has 1 aliphatic heterocycles. The molecule has 2 atom stereocenters. The minimum absolute atomic E-state index is 0.116. The van der Waals surface area contributed by atoms with Crippen LogP contribution in [0.4, 0.5) is 9.80 Å². The van der Waals surface area contributed by atoms with Crippen molar-refractivity contribution in [2.24, 2.45) is 0 Å². The predicted octanol–water partition coefficient (Wildman–Crippen LogP) is 4.82. The molecule has 1 aliphatic carbocycles. The Labute approximate surface area is 194 Å². The van der Waals surface area contributed by atoms with Crippen LogP contribution in [-0.2, 0) is 27.1 Å². The number of fused-ring (bicyclic) bond motifs is 1. The Morgan fingerprint density at radius 3 is 2.67 bits per heavy atom. The number of nitrogens with one attached hydrogen (secondary N) is 2. The molecule has 0 unspecified atom stereocenters. The molecule has 1 fully saturated rings. The summed E-state index contributed by atoms with van der Waals surface area (Å²) in [6.45, 7) is 2.79. The van der Waals surface area contributed by atoms with Crippen LogP contribution in [0.1, 0.15) is 53.4 Å². The molecule has 0 saturated carbocycles. The minimum atomic E-state index is -1.89. The maximum atomic E-state index is 12.6. The van der Waals surface area contributed by atoms with Gasteiger partial charge in [0.2, 0.25) is 3.79 Å². The van der Waals surface area contributed by atoms with Gasteiger partial charge in [0, 0.05) is 11.5 Å². The quantitative estimate of drug-likeness (QED) is 0.318. The fourth-order valence-corrected chi connectivity index (χ4v) is 5.15. The van der Waals surface area contributed by atoms with E-state index in [4.69, 9.17) is 49.0 Å². The Balaban J connectivity index is 1.75. The van der Waals surface area contributed by atoms with Gasteiger partial charge in [-0.3, -0.25) is 5.32 Å². The Morgan fingerprint density at radius 2 is 2.00 bits per heavy atom. The molecule has 0 aromatic carbocycles. The van der Waals surface area contributed by atoms with Crippen LogP contribution in [0, 0.1) is 0 Å². The van der Waals surface area contributed by atoms with Crippen LogP contribution >= 0.6 is 46.1 Å². The van der Waals surface area contributed by atoms with E-state index >= 15 is 0 Å². The van der Waals surface area contributed by atoms with Crippen molar-refractivity contribution in [1.82, 2.24) is 5.32 Å². The van der Waals surface area contributed by atoms with Gasteiger partial charge in [0.05, 0.1) is 18.3 Å². The number of thiophene rings is 1. The van der Waals surface area contributed by atoms with Crippen molar-refractivity contribution >= 4 is 63.2 Å². The number of halogens is 3. The first kappa shape index (κ1) is 23.7. The number of anilines is 1. The van der Waals surface area contributed by atoms with Crippen molar-refractivity contribution in [2.45, 2.75) is 61.5 Å². The Hall–Kier alpha value is -0.930. The summed E-state index contributed by atoms with van der Waals surface area (Å²) in [7, 11) is 0. The zero-order valence-electron chi connectivity index (χ0n) is 16.6. The molecular weight excluding hydrogens is 475 g/mol. The molecule has 168 valence electrons. The van der Waals surface area contributed by atoms with Gasteiger partial charge in [-0.25, -0.2) is 9.59 Å². The zero-order valence-corrected chi connectivity index (χ0v) is 19.7. The highest BCUT2D eigenvalue weighted by molar-refractivity contribution is 7.16. The van der Waals surface area contributed by atoms with Gasteiger partial charge in [0.15, 0.2) is 6.17 Å². The van der Waals surface area contributed by atoms with Gasteiger partial charge in [-0.05, 0) is 51.0 Å². The fourth-order valence-electron chi connectivity index (χ4n) is 3.52. The number of rotatable bonds is 7. The number of aryl methyl sites for hydroxylation is 1. The van der Waals surface area contributed by atoms with Gasteiger partial charge in [-0.2, -0.15) is 0 Å². The average Bonchev–Trinajstić information content (AvgIpc) is 3.32. The molecule has 2 N–H and O–H groups in total. The van der Waals surface area contributed by atoms with Crippen LogP contribution in [0.2, 0.25) is 0 Å². The van der Waals surface area contributed by atoms with E-state index in [-0.39, 0.29) is 19.3 Å². The summed E-state index contributed by atoms with van der Waals surface area (Å²) < 4.78 is 14.0. The molecule has 30 heavy (non-hydrogen) atoms. The van der Waals surface area contributed by atoms with Crippen molar-refractivity contribution in [2.75, 3.05) is 25.1 Å². The second-order valence-corrected chi connectivity index (χ2v) is 10.6. The largest absolute Gasteiger partial charge is 0.462 e. The third kappa shape index (κ3) is 6.07. The topological polar surface area (TPSA) is 85.9 Å². The minimum Gasteiger partial charge on any atom is -0.462 e. The summed E-state index contributed by atoms with van der Waals surface area (Å²) >= 11 is 19.7. The molecule has 7 nitrogen and oxygen atoms in total. The molecule has 2 aliphatic rings. The van der Waals surface area contributed by atoms with Gasteiger partial charge in [-0.1, -0.05) is 34.8 Å². The van der Waals surface area contributed by atoms with Gasteiger partial charge in [-0.15, -0.1) is 11.3 Å². The molecule has 1 aromatic rings. The molecule has 1 saturated heterocycles. The number of alkyl halides is 3. The normalized spacial score (nSPS) is 19.7. The highest BCUT2D eigenvalue weighted by Crippen LogP contribution is 2.40. The molecular formula is C19H25Cl3N2O5S. The van der Waals surface area contributed by atoms with Crippen molar-refractivity contribution in [3.8, 4) is 0 Å². The molecule has 0 spiro atoms. The molecule has 0 radical (unpaired) electrons. The van der Waals surface area contributed by atoms with E-state index in [1.165, 1.54) is 11.3 Å². The first-order chi connectivity index (χ1) is 14.3. The highest BCUT2D eigenvalue weighted by Gasteiger charge is 2.37. The third-order valence-electron chi connectivity index (χ3n) is 4.94. The number of amides is 1. The molecule has 1 amide bonds.